The van der Waals surface area contributed by atoms with E-state index in [9.17, 15) is 18.0 Å². The molecule has 182 valence electrons. The van der Waals surface area contributed by atoms with Crippen molar-refractivity contribution in [2.24, 2.45) is 11.8 Å². The maximum atomic E-state index is 13.3. The zero-order chi connectivity index (χ0) is 24.1. The van der Waals surface area contributed by atoms with Crippen LogP contribution in [0, 0.1) is 18.8 Å². The van der Waals surface area contributed by atoms with E-state index in [0.717, 1.165) is 24.3 Å². The van der Waals surface area contributed by atoms with Gasteiger partial charge in [-0.15, -0.1) is 0 Å². The van der Waals surface area contributed by atoms with Crippen molar-refractivity contribution in [2.75, 3.05) is 50.9 Å². The van der Waals surface area contributed by atoms with Gasteiger partial charge in [0.15, 0.2) is 0 Å². The quantitative estimate of drug-likeness (QED) is 0.641. The Morgan fingerprint density at radius 3 is 2.35 bits per heavy atom. The number of anilines is 1. The fourth-order valence-electron chi connectivity index (χ4n) is 5.55. The summed E-state index contributed by atoms with van der Waals surface area (Å²) in [6, 6.07) is 12.0. The van der Waals surface area contributed by atoms with E-state index in [-0.39, 0.29) is 11.5 Å². The summed E-state index contributed by atoms with van der Waals surface area (Å²) in [5, 5.41) is 0. The maximum absolute atomic E-state index is 13.3. The number of alkyl halides is 3. The highest BCUT2D eigenvalue weighted by Gasteiger charge is 2.44. The highest BCUT2D eigenvalue weighted by Crippen LogP contribution is 2.38. The van der Waals surface area contributed by atoms with Gasteiger partial charge in [-0.2, -0.15) is 13.2 Å². The summed E-state index contributed by atoms with van der Waals surface area (Å²) in [6.07, 6.45) is -4.34. The van der Waals surface area contributed by atoms with Crippen molar-refractivity contribution in [3.63, 3.8) is 0 Å². The zero-order valence-electron chi connectivity index (χ0n) is 19.4. The summed E-state index contributed by atoms with van der Waals surface area (Å²) in [4.78, 5) is 17.3. The summed E-state index contributed by atoms with van der Waals surface area (Å²) in [7, 11) is 0. The molecule has 0 bridgehead atoms. The van der Waals surface area contributed by atoms with Crippen LogP contribution < -0.4 is 4.90 Å². The lowest BCUT2D eigenvalue weighted by molar-refractivity contribution is -0.214. The fourth-order valence-corrected chi connectivity index (χ4v) is 5.55. The van der Waals surface area contributed by atoms with Crippen molar-refractivity contribution in [1.29, 1.82) is 0 Å². The molecule has 1 amide bonds. The molecule has 0 saturated carbocycles. The number of likely N-dealkylation sites (tertiary alicyclic amines) is 1. The van der Waals surface area contributed by atoms with E-state index in [1.165, 1.54) is 13.0 Å². The molecule has 0 N–H and O–H groups in total. The third-order valence-electron chi connectivity index (χ3n) is 7.38. The highest BCUT2D eigenvalue weighted by molar-refractivity contribution is 5.94. The van der Waals surface area contributed by atoms with Gasteiger partial charge < -0.3 is 19.3 Å². The Kier molecular flexibility index (Phi) is 5.84. The third kappa shape index (κ3) is 4.07. The average molecular weight is 475 g/mol. The number of rotatable bonds is 5. The molecule has 3 aliphatic rings. The number of carbonyl (C=O) groups excluding carboxylic acids is 1. The lowest BCUT2D eigenvalue weighted by atomic mass is 9.90. The molecule has 2 aromatic rings. The molecule has 2 unspecified atom stereocenters. The number of amides is 1. The predicted octanol–water partition coefficient (Wildman–Crippen LogP) is 4.48. The molecule has 0 radical (unpaired) electrons. The Labute approximate surface area is 197 Å². The van der Waals surface area contributed by atoms with E-state index in [0.29, 0.717) is 50.3 Å². The van der Waals surface area contributed by atoms with Crippen molar-refractivity contribution in [3.8, 4) is 0 Å². The van der Waals surface area contributed by atoms with Crippen LogP contribution in [0.3, 0.4) is 0 Å². The number of halogens is 3. The molecule has 2 aromatic carbocycles. The first-order chi connectivity index (χ1) is 16.2. The van der Waals surface area contributed by atoms with Crippen molar-refractivity contribution >= 4 is 11.6 Å². The first-order valence-corrected chi connectivity index (χ1v) is 11.7. The Bertz CT molecular complexity index is 1070. The SMILES string of the molecule is CCOC1(c2cccc(C(=O)N3CC4CN(c5ccc(C(F)(F)F)c(C)c5)CC4C3)c2)COC1. The lowest BCUT2D eigenvalue weighted by Gasteiger charge is -2.41. The van der Waals surface area contributed by atoms with E-state index in [1.807, 2.05) is 36.1 Å². The van der Waals surface area contributed by atoms with E-state index < -0.39 is 17.3 Å². The second-order valence-corrected chi connectivity index (χ2v) is 9.63. The van der Waals surface area contributed by atoms with Crippen LogP contribution in [-0.4, -0.2) is 56.8 Å². The molecular formula is C26H29F3N2O3. The molecule has 2 atom stereocenters. The Morgan fingerprint density at radius 2 is 1.79 bits per heavy atom. The van der Waals surface area contributed by atoms with Crippen molar-refractivity contribution < 1.29 is 27.4 Å². The highest BCUT2D eigenvalue weighted by atomic mass is 19.4. The Morgan fingerprint density at radius 1 is 1.09 bits per heavy atom. The van der Waals surface area contributed by atoms with Gasteiger partial charge in [-0.1, -0.05) is 12.1 Å². The zero-order valence-corrected chi connectivity index (χ0v) is 19.4. The summed E-state index contributed by atoms with van der Waals surface area (Å²) >= 11 is 0. The molecule has 3 saturated heterocycles. The number of nitrogens with zero attached hydrogens (tertiary/aromatic N) is 2. The fraction of sp³-hybridized carbons (Fsp3) is 0.500. The average Bonchev–Trinajstić information content (AvgIpc) is 3.34. The molecule has 3 fully saturated rings. The monoisotopic (exact) mass is 474 g/mol. The van der Waals surface area contributed by atoms with Crippen LogP contribution in [0.4, 0.5) is 18.9 Å². The van der Waals surface area contributed by atoms with Crippen molar-refractivity contribution in [2.45, 2.75) is 25.6 Å². The standard InChI is InChI=1S/C26H29F3N2O3/c1-3-34-25(15-33-16-25)21-6-4-5-18(10-21)24(32)31-13-19-11-30(12-20(19)14-31)22-7-8-23(17(2)9-22)26(27,28)29/h4-10,19-20H,3,11-16H2,1-2H3. The van der Waals surface area contributed by atoms with Crippen LogP contribution in [0.2, 0.25) is 0 Å². The molecule has 0 spiro atoms. The number of aryl methyl sites for hydroxylation is 1. The van der Waals surface area contributed by atoms with Gasteiger partial charge in [-0.3, -0.25) is 4.79 Å². The van der Waals surface area contributed by atoms with Crippen molar-refractivity contribution in [1.82, 2.24) is 4.90 Å². The first kappa shape index (κ1) is 23.2. The van der Waals surface area contributed by atoms with Gasteiger partial charge in [-0.05, 0) is 55.3 Å². The topological polar surface area (TPSA) is 42.0 Å². The number of carbonyl (C=O) groups is 1. The van der Waals surface area contributed by atoms with Crippen LogP contribution in [0.15, 0.2) is 42.5 Å². The van der Waals surface area contributed by atoms with Gasteiger partial charge in [0.2, 0.25) is 0 Å². The number of hydrogen-bond donors (Lipinski definition) is 0. The summed E-state index contributed by atoms with van der Waals surface area (Å²) in [5.74, 6) is 0.633. The van der Waals surface area contributed by atoms with E-state index in [2.05, 4.69) is 4.90 Å². The molecule has 8 heteroatoms. The Balaban J connectivity index is 1.25. The molecule has 34 heavy (non-hydrogen) atoms. The number of fused-ring (bicyclic) bond motifs is 1. The largest absolute Gasteiger partial charge is 0.416 e. The predicted molar refractivity (Wildman–Crippen MR) is 122 cm³/mol. The minimum absolute atomic E-state index is 0.0139. The minimum Gasteiger partial charge on any atom is -0.375 e. The molecule has 3 aliphatic heterocycles. The second kappa shape index (κ2) is 8.57. The van der Waals surface area contributed by atoms with Crippen LogP contribution in [0.25, 0.3) is 0 Å². The van der Waals surface area contributed by atoms with Crippen LogP contribution >= 0.6 is 0 Å². The Hall–Kier alpha value is -2.58. The molecule has 0 aliphatic carbocycles. The molecule has 5 rings (SSSR count). The van der Waals surface area contributed by atoms with Crippen LogP contribution in [-0.2, 0) is 21.3 Å². The second-order valence-electron chi connectivity index (χ2n) is 9.63. The van der Waals surface area contributed by atoms with Gasteiger partial charge in [0.25, 0.3) is 5.91 Å². The first-order valence-electron chi connectivity index (χ1n) is 11.7. The molecule has 3 heterocycles. The van der Waals surface area contributed by atoms with Crippen molar-refractivity contribution in [3.05, 3.63) is 64.7 Å². The van der Waals surface area contributed by atoms with E-state index in [4.69, 9.17) is 9.47 Å². The van der Waals surface area contributed by atoms with Crippen LogP contribution in [0.5, 0.6) is 0 Å². The van der Waals surface area contributed by atoms with Gasteiger partial charge in [0.05, 0.1) is 18.8 Å². The maximum Gasteiger partial charge on any atom is 0.416 e. The van der Waals surface area contributed by atoms with Gasteiger partial charge in [0, 0.05) is 55.9 Å². The van der Waals surface area contributed by atoms with Gasteiger partial charge in [-0.25, -0.2) is 0 Å². The normalized spacial score (nSPS) is 23.7. The third-order valence-corrected chi connectivity index (χ3v) is 7.38. The van der Waals surface area contributed by atoms with Gasteiger partial charge >= 0.3 is 6.18 Å². The molecule has 0 aromatic heterocycles. The van der Waals surface area contributed by atoms with Gasteiger partial charge in [0.1, 0.15) is 5.60 Å². The van der Waals surface area contributed by atoms with E-state index >= 15 is 0 Å². The summed E-state index contributed by atoms with van der Waals surface area (Å²) in [6.45, 7) is 7.81. The van der Waals surface area contributed by atoms with E-state index in [1.54, 1.807) is 12.1 Å². The lowest BCUT2D eigenvalue weighted by Crippen LogP contribution is -2.49. The number of ether oxygens (including phenoxy) is 2. The smallest absolute Gasteiger partial charge is 0.375 e. The summed E-state index contributed by atoms with van der Waals surface area (Å²) in [5.41, 5.74) is 1.62. The number of hydrogen-bond acceptors (Lipinski definition) is 4. The number of benzene rings is 2. The van der Waals surface area contributed by atoms with Crippen LogP contribution in [0.1, 0.15) is 34.0 Å². The molecule has 5 nitrogen and oxygen atoms in total. The molecular weight excluding hydrogens is 445 g/mol. The summed E-state index contributed by atoms with van der Waals surface area (Å²) < 4.78 is 50.6. The minimum atomic E-state index is -4.34.